The lowest BCUT2D eigenvalue weighted by atomic mass is 9.94. The Morgan fingerprint density at radius 1 is 1.20 bits per heavy atom. The van der Waals surface area contributed by atoms with Crippen molar-refractivity contribution in [3.63, 3.8) is 0 Å². The molecule has 4 heteroatoms. The molecule has 0 N–H and O–H groups in total. The van der Waals surface area contributed by atoms with Crippen molar-refractivity contribution in [2.24, 2.45) is 0 Å². The molecule has 1 aliphatic rings. The Hall–Kier alpha value is -1.39. The molecule has 104 valence electrons. The minimum Gasteiger partial charge on any atom is -0.311 e. The maximum absolute atomic E-state index is 12.4. The van der Waals surface area contributed by atoms with Crippen LogP contribution in [0.1, 0.15) is 41.6 Å². The quantitative estimate of drug-likeness (QED) is 0.682. The second-order valence-corrected chi connectivity index (χ2v) is 8.05. The molecule has 0 radical (unpaired) electrons. The minimum atomic E-state index is 0.0342. The summed E-state index contributed by atoms with van der Waals surface area (Å²) in [6, 6.07) is 4.11. The number of amides is 1. The first-order valence-corrected chi connectivity index (χ1v) is 8.20. The molecule has 0 atom stereocenters. The van der Waals surface area contributed by atoms with Crippen LogP contribution in [0.25, 0.3) is 15.5 Å². The van der Waals surface area contributed by atoms with Gasteiger partial charge in [0.05, 0.1) is 15.3 Å². The summed E-state index contributed by atoms with van der Waals surface area (Å²) in [5.41, 5.74) is 2.79. The number of fused-ring (bicyclic) bond motifs is 3. The topological polar surface area (TPSA) is 20.3 Å². The highest BCUT2D eigenvalue weighted by Crippen LogP contribution is 2.46. The molecule has 3 heterocycles. The molecular weight excluding hydrogens is 286 g/mol. The third-order valence-corrected chi connectivity index (χ3v) is 6.23. The van der Waals surface area contributed by atoms with Crippen LogP contribution < -0.4 is 0 Å². The first kappa shape index (κ1) is 13.6. The number of nitrogens with zero attached hydrogens (tertiary/aromatic N) is 1. The van der Waals surface area contributed by atoms with Crippen molar-refractivity contribution in [1.82, 2.24) is 4.90 Å². The lowest BCUT2D eigenvalue weighted by Crippen LogP contribution is -2.23. The number of hydrogen-bond donors (Lipinski definition) is 0. The van der Waals surface area contributed by atoms with Crippen LogP contribution in [0, 0.1) is 0 Å². The van der Waals surface area contributed by atoms with Crippen molar-refractivity contribution in [1.29, 1.82) is 0 Å². The lowest BCUT2D eigenvalue weighted by molar-refractivity contribution is 0.0863. The Kier molecular flexibility index (Phi) is 2.92. The van der Waals surface area contributed by atoms with E-state index in [0.717, 1.165) is 21.7 Å². The van der Waals surface area contributed by atoms with Crippen molar-refractivity contribution in [2.45, 2.75) is 26.2 Å². The van der Waals surface area contributed by atoms with Gasteiger partial charge in [-0.3, -0.25) is 4.79 Å². The summed E-state index contributed by atoms with van der Waals surface area (Å²) in [7, 11) is 1.80. The van der Waals surface area contributed by atoms with Crippen molar-refractivity contribution >= 4 is 34.3 Å². The molecule has 0 saturated carbocycles. The van der Waals surface area contributed by atoms with Crippen molar-refractivity contribution in [3.8, 4) is 9.75 Å². The monoisotopic (exact) mass is 303 g/mol. The fourth-order valence-corrected chi connectivity index (χ4v) is 4.58. The van der Waals surface area contributed by atoms with E-state index >= 15 is 0 Å². The summed E-state index contributed by atoms with van der Waals surface area (Å²) in [5.74, 6) is 0.0342. The van der Waals surface area contributed by atoms with Gasteiger partial charge in [-0.15, -0.1) is 22.7 Å². The van der Waals surface area contributed by atoms with Gasteiger partial charge in [0.2, 0.25) is 0 Å². The van der Waals surface area contributed by atoms with Crippen LogP contribution in [0.5, 0.6) is 0 Å². The molecule has 3 rings (SSSR count). The van der Waals surface area contributed by atoms with Crippen molar-refractivity contribution < 1.29 is 4.79 Å². The summed E-state index contributed by atoms with van der Waals surface area (Å²) >= 11 is 3.42. The fraction of sp³-hybridized carbons (Fsp3) is 0.312. The Morgan fingerprint density at radius 2 is 1.90 bits per heavy atom. The van der Waals surface area contributed by atoms with E-state index in [1.54, 1.807) is 34.6 Å². The Labute approximate surface area is 127 Å². The minimum absolute atomic E-state index is 0.0342. The molecule has 2 aromatic rings. The summed E-state index contributed by atoms with van der Waals surface area (Å²) in [6.45, 7) is 10.8. The first-order chi connectivity index (χ1) is 9.30. The molecule has 2 nitrogen and oxygen atoms in total. The number of rotatable bonds is 0. The van der Waals surface area contributed by atoms with E-state index in [9.17, 15) is 4.79 Å². The second-order valence-electron chi connectivity index (χ2n) is 6.08. The van der Waals surface area contributed by atoms with Gasteiger partial charge < -0.3 is 4.90 Å². The van der Waals surface area contributed by atoms with Crippen LogP contribution in [0.2, 0.25) is 0 Å². The van der Waals surface area contributed by atoms with Crippen molar-refractivity contribution in [2.75, 3.05) is 7.05 Å². The molecule has 2 aromatic heterocycles. The fourth-order valence-electron chi connectivity index (χ4n) is 2.28. The second kappa shape index (κ2) is 4.30. The predicted molar refractivity (Wildman–Crippen MR) is 87.5 cm³/mol. The number of thiophene rings is 2. The van der Waals surface area contributed by atoms with Crippen LogP contribution in [0.4, 0.5) is 0 Å². The zero-order valence-electron chi connectivity index (χ0n) is 12.1. The van der Waals surface area contributed by atoms with Crippen LogP contribution >= 0.6 is 22.7 Å². The smallest absolute Gasteiger partial charge is 0.259 e. The van der Waals surface area contributed by atoms with Crippen LogP contribution in [-0.2, 0) is 5.41 Å². The van der Waals surface area contributed by atoms with Crippen molar-refractivity contribution in [3.05, 3.63) is 40.1 Å². The third kappa shape index (κ3) is 1.86. The lowest BCUT2D eigenvalue weighted by Gasteiger charge is -2.18. The number of carbonyl (C=O) groups is 1. The molecule has 0 bridgehead atoms. The van der Waals surface area contributed by atoms with Gasteiger partial charge in [-0.1, -0.05) is 27.4 Å². The standard InChI is InChI=1S/C16H17NOS2/c1-9-11-8-12(16(2,3)4)20-14(11)13-10(6-7-19-13)15(18)17(9)5/h6-8H,1H2,2-5H3. The molecule has 1 aliphatic heterocycles. The van der Waals surface area contributed by atoms with Gasteiger partial charge >= 0.3 is 0 Å². The van der Waals surface area contributed by atoms with Gasteiger partial charge in [-0.2, -0.15) is 0 Å². The van der Waals surface area contributed by atoms with Gasteiger partial charge in [-0.05, 0) is 22.9 Å². The highest BCUT2D eigenvalue weighted by molar-refractivity contribution is 7.22. The number of hydrogen-bond acceptors (Lipinski definition) is 3. The molecule has 1 amide bonds. The van der Waals surface area contributed by atoms with Gasteiger partial charge in [0.25, 0.3) is 5.91 Å². The average Bonchev–Trinajstić information content (AvgIpc) is 2.98. The summed E-state index contributed by atoms with van der Waals surface area (Å²) < 4.78 is 0. The number of carbonyl (C=O) groups excluding carboxylic acids is 1. The van der Waals surface area contributed by atoms with Crippen LogP contribution in [0.15, 0.2) is 24.1 Å². The van der Waals surface area contributed by atoms with Crippen LogP contribution in [-0.4, -0.2) is 17.9 Å². The molecule has 0 saturated heterocycles. The first-order valence-electron chi connectivity index (χ1n) is 6.50. The Balaban J connectivity index is 2.30. The van der Waals surface area contributed by atoms with Gasteiger partial charge in [0.1, 0.15) is 0 Å². The maximum Gasteiger partial charge on any atom is 0.259 e. The summed E-state index contributed by atoms with van der Waals surface area (Å²) in [6.07, 6.45) is 0. The third-order valence-electron chi connectivity index (χ3n) is 3.59. The molecule has 0 fully saturated rings. The molecule has 0 spiro atoms. The molecule has 0 aliphatic carbocycles. The largest absolute Gasteiger partial charge is 0.311 e. The van der Waals surface area contributed by atoms with E-state index in [4.69, 9.17) is 0 Å². The Morgan fingerprint density at radius 3 is 2.55 bits per heavy atom. The SMILES string of the molecule is C=C1c2cc(C(C)(C)C)sc2-c2sccc2C(=O)N1C. The summed E-state index contributed by atoms with van der Waals surface area (Å²) in [5, 5.41) is 1.99. The van der Waals surface area contributed by atoms with E-state index in [1.807, 2.05) is 11.4 Å². The van der Waals surface area contributed by atoms with Gasteiger partial charge in [0.15, 0.2) is 0 Å². The van der Waals surface area contributed by atoms with E-state index < -0.39 is 0 Å². The molecule has 0 unspecified atom stereocenters. The van der Waals surface area contributed by atoms with Gasteiger partial charge in [0, 0.05) is 23.2 Å². The van der Waals surface area contributed by atoms with Gasteiger partial charge in [-0.25, -0.2) is 0 Å². The molecule has 0 aromatic carbocycles. The van der Waals surface area contributed by atoms with E-state index in [-0.39, 0.29) is 11.3 Å². The maximum atomic E-state index is 12.4. The molecular formula is C16H17NOS2. The highest BCUT2D eigenvalue weighted by atomic mass is 32.1. The normalized spacial score (nSPS) is 15.1. The highest BCUT2D eigenvalue weighted by Gasteiger charge is 2.31. The summed E-state index contributed by atoms with van der Waals surface area (Å²) in [4.78, 5) is 17.7. The predicted octanol–water partition coefficient (Wildman–Crippen LogP) is 4.83. The average molecular weight is 303 g/mol. The zero-order chi connectivity index (χ0) is 14.7. The van der Waals surface area contributed by atoms with E-state index in [0.29, 0.717) is 0 Å². The molecule has 20 heavy (non-hydrogen) atoms. The van der Waals surface area contributed by atoms with E-state index in [1.165, 1.54) is 9.75 Å². The van der Waals surface area contributed by atoms with E-state index in [2.05, 4.69) is 33.4 Å². The zero-order valence-corrected chi connectivity index (χ0v) is 13.7. The Bertz CT molecular complexity index is 715. The van der Waals surface area contributed by atoms with Crippen LogP contribution in [0.3, 0.4) is 0 Å².